The molecule has 3 aromatic rings. The number of thioether (sulfide) groups is 1. The number of hydrogen-bond donors (Lipinski definition) is 1. The van der Waals surface area contributed by atoms with Gasteiger partial charge in [-0.15, -0.1) is 0 Å². The van der Waals surface area contributed by atoms with Crippen LogP contribution in [0.4, 0.5) is 10.1 Å². The fraction of sp³-hybridized carbons (Fsp3) is 0.214. The fourth-order valence-electron chi connectivity index (χ4n) is 4.26. The second-order valence-corrected chi connectivity index (χ2v) is 10.2. The van der Waals surface area contributed by atoms with Gasteiger partial charge in [0.25, 0.3) is 5.91 Å². The third-order valence-electron chi connectivity index (χ3n) is 6.15. The molecule has 0 aliphatic carbocycles. The Morgan fingerprint density at radius 1 is 1.06 bits per heavy atom. The van der Waals surface area contributed by atoms with Gasteiger partial charge < -0.3 is 5.32 Å². The Kier molecular flexibility index (Phi) is 6.69. The highest BCUT2D eigenvalue weighted by molar-refractivity contribution is 8.15. The third kappa shape index (κ3) is 5.23. The van der Waals surface area contributed by atoms with Crippen molar-refractivity contribution in [3.63, 3.8) is 0 Å². The molecular formula is C28H25FN4O2S. The van der Waals surface area contributed by atoms with Crippen LogP contribution in [0, 0.1) is 19.7 Å². The number of nitrogens with zero attached hydrogens (tertiary/aromatic N) is 3. The Hall–Kier alpha value is -3.78. The molecule has 5 rings (SSSR count). The van der Waals surface area contributed by atoms with Gasteiger partial charge in [-0.05, 0) is 54.8 Å². The monoisotopic (exact) mass is 500 g/mol. The first kappa shape index (κ1) is 23.9. The summed E-state index contributed by atoms with van der Waals surface area (Å²) in [6.45, 7) is 3.98. The Morgan fingerprint density at radius 2 is 1.81 bits per heavy atom. The maximum Gasteiger partial charge on any atom is 0.262 e. The summed E-state index contributed by atoms with van der Waals surface area (Å²) in [4.78, 5) is 29.6. The van der Waals surface area contributed by atoms with Crippen LogP contribution in [0.1, 0.15) is 41.1 Å². The number of amides is 2. The van der Waals surface area contributed by atoms with Crippen LogP contribution in [0.15, 0.2) is 82.9 Å². The summed E-state index contributed by atoms with van der Waals surface area (Å²) >= 11 is 1.24. The number of aliphatic imine (C=N–C) groups is 1. The van der Waals surface area contributed by atoms with Crippen LogP contribution >= 0.6 is 11.8 Å². The lowest BCUT2D eigenvalue weighted by Gasteiger charge is -2.23. The number of carbonyl (C=O) groups is 2. The van der Waals surface area contributed by atoms with Crippen molar-refractivity contribution in [2.75, 3.05) is 5.32 Å². The molecule has 0 aromatic heterocycles. The van der Waals surface area contributed by atoms with E-state index in [1.54, 1.807) is 17.1 Å². The van der Waals surface area contributed by atoms with Gasteiger partial charge in [0, 0.05) is 18.5 Å². The maximum atomic E-state index is 13.6. The molecule has 182 valence electrons. The number of benzene rings is 3. The van der Waals surface area contributed by atoms with Crippen molar-refractivity contribution in [2.45, 2.75) is 38.0 Å². The lowest BCUT2D eigenvalue weighted by Crippen LogP contribution is -2.25. The van der Waals surface area contributed by atoms with Crippen molar-refractivity contribution in [3.05, 3.63) is 101 Å². The highest BCUT2D eigenvalue weighted by Gasteiger charge is 2.39. The summed E-state index contributed by atoms with van der Waals surface area (Å²) in [6, 6.07) is 21.7. The molecule has 2 aliphatic heterocycles. The van der Waals surface area contributed by atoms with Crippen molar-refractivity contribution in [2.24, 2.45) is 10.1 Å². The zero-order valence-electron chi connectivity index (χ0n) is 19.9. The smallest absolute Gasteiger partial charge is 0.262 e. The summed E-state index contributed by atoms with van der Waals surface area (Å²) in [6.07, 6.45) is 0.592. The second kappa shape index (κ2) is 10.1. The highest BCUT2D eigenvalue weighted by Crippen LogP contribution is 2.38. The van der Waals surface area contributed by atoms with Gasteiger partial charge in [-0.1, -0.05) is 65.9 Å². The number of carbonyl (C=O) groups excluding carboxylic acids is 2. The van der Waals surface area contributed by atoms with Gasteiger partial charge in [0.15, 0.2) is 5.17 Å². The van der Waals surface area contributed by atoms with Crippen LogP contribution in [0.3, 0.4) is 0 Å². The molecule has 0 radical (unpaired) electrons. The lowest BCUT2D eigenvalue weighted by atomic mass is 9.98. The molecule has 8 heteroatoms. The van der Waals surface area contributed by atoms with Crippen molar-refractivity contribution in [3.8, 4) is 0 Å². The van der Waals surface area contributed by atoms with Crippen LogP contribution < -0.4 is 5.32 Å². The number of hydrogen-bond acceptors (Lipinski definition) is 5. The number of nitrogens with one attached hydrogen (secondary N) is 1. The van der Waals surface area contributed by atoms with E-state index in [4.69, 9.17) is 5.10 Å². The molecule has 2 aliphatic rings. The van der Waals surface area contributed by atoms with Crippen molar-refractivity contribution in [1.82, 2.24) is 5.01 Å². The zero-order chi connectivity index (χ0) is 25.2. The molecule has 2 amide bonds. The van der Waals surface area contributed by atoms with E-state index in [2.05, 4.69) is 10.3 Å². The van der Waals surface area contributed by atoms with Crippen LogP contribution in [0.5, 0.6) is 0 Å². The van der Waals surface area contributed by atoms with Crippen LogP contribution in [-0.4, -0.2) is 33.0 Å². The minimum Gasteiger partial charge on any atom is -0.326 e. The lowest BCUT2D eigenvalue weighted by molar-refractivity contribution is -0.121. The average molecular weight is 501 g/mol. The molecule has 0 saturated heterocycles. The average Bonchev–Trinajstić information content (AvgIpc) is 3.44. The van der Waals surface area contributed by atoms with E-state index in [-0.39, 0.29) is 30.1 Å². The summed E-state index contributed by atoms with van der Waals surface area (Å²) in [5, 5.41) is 9.24. The maximum absolute atomic E-state index is 13.6. The highest BCUT2D eigenvalue weighted by atomic mass is 32.2. The summed E-state index contributed by atoms with van der Waals surface area (Å²) in [7, 11) is 0. The van der Waals surface area contributed by atoms with E-state index in [1.165, 1.54) is 23.9 Å². The normalized spacial score (nSPS) is 19.3. The van der Waals surface area contributed by atoms with Gasteiger partial charge in [-0.2, -0.15) is 10.1 Å². The minimum absolute atomic E-state index is 0.00797. The predicted molar refractivity (Wildman–Crippen MR) is 142 cm³/mol. The number of hydrazone groups is 1. The van der Waals surface area contributed by atoms with E-state index >= 15 is 0 Å². The Bertz CT molecular complexity index is 1370. The number of rotatable bonds is 5. The molecule has 0 saturated carbocycles. The van der Waals surface area contributed by atoms with Gasteiger partial charge in [-0.3, -0.25) is 9.59 Å². The molecule has 0 fully saturated rings. The van der Waals surface area contributed by atoms with Crippen molar-refractivity contribution in [1.29, 1.82) is 0 Å². The molecule has 2 heterocycles. The topological polar surface area (TPSA) is 74.1 Å². The zero-order valence-corrected chi connectivity index (χ0v) is 20.8. The van der Waals surface area contributed by atoms with Crippen LogP contribution in [0.2, 0.25) is 0 Å². The standard InChI is InChI=1S/C28H25FN4O2S/c1-17-6-8-19(9-7-17)23-15-24(20-10-12-21(29)13-11-20)33(32-23)28-31-27(35)25(36-28)16-26(34)30-22-5-3-4-18(2)14-22/h3-14,24-25H,15-16H2,1-2H3,(H,30,34)/t24-,25-/m0/s1. The molecule has 2 atom stereocenters. The second-order valence-electron chi connectivity index (χ2n) is 8.99. The van der Waals surface area contributed by atoms with Crippen molar-refractivity contribution < 1.29 is 14.0 Å². The van der Waals surface area contributed by atoms with E-state index in [0.717, 1.165) is 28.0 Å². The van der Waals surface area contributed by atoms with E-state index in [0.29, 0.717) is 17.3 Å². The number of aryl methyl sites for hydroxylation is 2. The summed E-state index contributed by atoms with van der Waals surface area (Å²) in [5.74, 6) is -0.917. The molecule has 0 spiro atoms. The molecule has 0 bridgehead atoms. The van der Waals surface area contributed by atoms with E-state index < -0.39 is 5.25 Å². The molecule has 1 N–H and O–H groups in total. The third-order valence-corrected chi connectivity index (χ3v) is 7.29. The van der Waals surface area contributed by atoms with Gasteiger partial charge >= 0.3 is 0 Å². The van der Waals surface area contributed by atoms with E-state index in [9.17, 15) is 14.0 Å². The number of halogens is 1. The molecular weight excluding hydrogens is 475 g/mol. The van der Waals surface area contributed by atoms with Gasteiger partial charge in [0.05, 0.1) is 11.8 Å². The predicted octanol–water partition coefficient (Wildman–Crippen LogP) is 5.62. The molecule has 0 unspecified atom stereocenters. The van der Waals surface area contributed by atoms with Gasteiger partial charge in [0.1, 0.15) is 11.1 Å². The number of amidine groups is 1. The first-order chi connectivity index (χ1) is 17.4. The van der Waals surface area contributed by atoms with Gasteiger partial charge in [-0.25, -0.2) is 9.40 Å². The van der Waals surface area contributed by atoms with E-state index in [1.807, 2.05) is 62.4 Å². The summed E-state index contributed by atoms with van der Waals surface area (Å²) < 4.78 is 13.6. The Labute approximate surface area is 213 Å². The SMILES string of the molecule is Cc1ccc(C2=NN(C3=NC(=O)[C@H](CC(=O)Nc4cccc(C)c4)S3)[C@H](c3ccc(F)cc3)C2)cc1. The molecule has 36 heavy (non-hydrogen) atoms. The number of anilines is 1. The largest absolute Gasteiger partial charge is 0.326 e. The quantitative estimate of drug-likeness (QED) is 0.493. The van der Waals surface area contributed by atoms with Gasteiger partial charge in [0.2, 0.25) is 5.91 Å². The first-order valence-corrected chi connectivity index (χ1v) is 12.6. The summed E-state index contributed by atoms with van der Waals surface area (Å²) in [5.41, 5.74) is 5.60. The Morgan fingerprint density at radius 3 is 2.53 bits per heavy atom. The van der Waals surface area contributed by atoms with Crippen molar-refractivity contribution >= 4 is 40.1 Å². The van der Waals surface area contributed by atoms with Crippen LogP contribution in [-0.2, 0) is 9.59 Å². The molecule has 3 aromatic carbocycles. The Balaban J connectivity index is 1.35. The first-order valence-electron chi connectivity index (χ1n) is 11.7. The fourth-order valence-corrected chi connectivity index (χ4v) is 5.32. The van der Waals surface area contributed by atoms with Crippen LogP contribution in [0.25, 0.3) is 0 Å². The minimum atomic E-state index is -0.627. The molecule has 6 nitrogen and oxygen atoms in total.